The molecule has 0 radical (unpaired) electrons. The first kappa shape index (κ1) is 33.5. The third-order valence-corrected chi connectivity index (χ3v) is 18.1. The van der Waals surface area contributed by atoms with Crippen molar-refractivity contribution < 1.29 is 27.5 Å². The van der Waals surface area contributed by atoms with Gasteiger partial charge in [0.15, 0.2) is 8.32 Å². The molecule has 2 aliphatic carbocycles. The topological polar surface area (TPSA) is 101 Å². The molecule has 3 rings (SSSR count). The number of carbonyl (C=O) groups excluding carboxylic acids is 2. The Balaban J connectivity index is 1.97. The van der Waals surface area contributed by atoms with Crippen LogP contribution < -0.4 is 0 Å². The lowest BCUT2D eigenvalue weighted by molar-refractivity contribution is -0.143. The second kappa shape index (κ2) is 10.6. The number of fused-ring (bicyclic) bond motifs is 1. The molecule has 40 heavy (non-hydrogen) atoms. The van der Waals surface area contributed by atoms with Gasteiger partial charge < -0.3 is 9.53 Å². The second-order valence-corrected chi connectivity index (χ2v) is 22.2. The number of nitrogens with zero attached hydrogens (tertiary/aromatic N) is 1. The van der Waals surface area contributed by atoms with Gasteiger partial charge in [0, 0.05) is 22.7 Å². The number of Topliss-reactive ketones (excluding diaryl/α,β-unsaturated/α-hetero) is 1. The van der Waals surface area contributed by atoms with Crippen molar-refractivity contribution in [2.45, 2.75) is 131 Å². The third-order valence-electron chi connectivity index (χ3n) is 11.7. The largest absolute Gasteiger partial charge is 0.412 e. The average Bonchev–Trinajstić information content (AvgIpc) is 3.29. The van der Waals surface area contributed by atoms with E-state index >= 15 is 0 Å². The van der Waals surface area contributed by atoms with Crippen molar-refractivity contribution in [3.8, 4) is 0 Å². The Morgan fingerprint density at radius 2 is 1.73 bits per heavy atom. The quantitative estimate of drug-likeness (QED) is 0.247. The zero-order valence-corrected chi connectivity index (χ0v) is 28.8. The predicted molar refractivity (Wildman–Crippen MR) is 163 cm³/mol. The fraction of sp³-hybridized carbons (Fsp3) is 0.871. The van der Waals surface area contributed by atoms with Crippen molar-refractivity contribution in [2.24, 2.45) is 34.0 Å². The molecule has 3 aliphatic rings. The van der Waals surface area contributed by atoms with Crippen LogP contribution in [0.5, 0.6) is 0 Å². The smallest absolute Gasteiger partial charge is 0.238 e. The number of carbonyl (C=O) groups is 2. The zero-order chi connectivity index (χ0) is 30.9. The van der Waals surface area contributed by atoms with Crippen molar-refractivity contribution in [2.75, 3.05) is 5.75 Å². The molecule has 1 N–H and O–H groups in total. The molecule has 0 aromatic rings. The van der Waals surface area contributed by atoms with Gasteiger partial charge in [0.2, 0.25) is 15.9 Å². The van der Waals surface area contributed by atoms with Crippen LogP contribution in [0.25, 0.3) is 0 Å². The van der Waals surface area contributed by atoms with Crippen LogP contribution in [-0.4, -0.2) is 61.8 Å². The van der Waals surface area contributed by atoms with Gasteiger partial charge in [-0.25, -0.2) is 12.7 Å². The fourth-order valence-corrected chi connectivity index (χ4v) is 11.6. The Labute approximate surface area is 244 Å². The molecule has 7 atom stereocenters. The molecule has 3 fully saturated rings. The molecule has 0 aromatic carbocycles. The summed E-state index contributed by atoms with van der Waals surface area (Å²) < 4.78 is 35.2. The summed E-state index contributed by atoms with van der Waals surface area (Å²) in [5.41, 5.74) is -1.67. The first-order valence-corrected chi connectivity index (χ1v) is 19.6. The summed E-state index contributed by atoms with van der Waals surface area (Å²) >= 11 is 0. The predicted octanol–water partition coefficient (Wildman–Crippen LogP) is 5.94. The van der Waals surface area contributed by atoms with E-state index in [9.17, 15) is 23.1 Å². The molecule has 0 unspecified atom stereocenters. The minimum atomic E-state index is -3.78. The van der Waals surface area contributed by atoms with Crippen molar-refractivity contribution >= 4 is 30.0 Å². The Morgan fingerprint density at radius 1 is 1.15 bits per heavy atom. The Bertz CT molecular complexity index is 1140. The molecule has 2 saturated carbocycles. The lowest BCUT2D eigenvalue weighted by atomic mass is 9.69. The Hall–Kier alpha value is -1.03. The molecule has 1 saturated heterocycles. The number of hydrogen-bond donors (Lipinski definition) is 1. The third kappa shape index (κ3) is 5.30. The van der Waals surface area contributed by atoms with E-state index in [4.69, 9.17) is 4.43 Å². The van der Waals surface area contributed by atoms with Crippen LogP contribution in [0.1, 0.15) is 94.9 Å². The molecule has 0 aromatic heterocycles. The number of allylic oxidation sites excluding steroid dienone is 1. The second-order valence-electron chi connectivity index (χ2n) is 15.6. The normalized spacial score (nSPS) is 30.8. The van der Waals surface area contributed by atoms with Crippen LogP contribution in [0.3, 0.4) is 0 Å². The van der Waals surface area contributed by atoms with Crippen molar-refractivity contribution in [3.05, 3.63) is 12.2 Å². The van der Waals surface area contributed by atoms with Gasteiger partial charge in [-0.05, 0) is 55.7 Å². The average molecular weight is 598 g/mol. The highest BCUT2D eigenvalue weighted by molar-refractivity contribution is 7.90. The van der Waals surface area contributed by atoms with E-state index in [1.54, 1.807) is 20.8 Å². The van der Waals surface area contributed by atoms with Crippen molar-refractivity contribution in [3.63, 3.8) is 0 Å². The molecule has 9 heteroatoms. The Kier molecular flexibility index (Phi) is 8.87. The van der Waals surface area contributed by atoms with E-state index in [1.807, 2.05) is 26.0 Å². The maximum Gasteiger partial charge on any atom is 0.238 e. The van der Waals surface area contributed by atoms with Gasteiger partial charge in [0.05, 0.1) is 30.4 Å². The summed E-state index contributed by atoms with van der Waals surface area (Å²) in [5, 5.41) is 10.8. The molecular formula is C31H55NO6SSi. The molecule has 1 aliphatic heterocycles. The summed E-state index contributed by atoms with van der Waals surface area (Å²) in [7, 11) is -6.26. The monoisotopic (exact) mass is 597 g/mol. The van der Waals surface area contributed by atoms with Gasteiger partial charge in [-0.3, -0.25) is 9.59 Å². The highest BCUT2D eigenvalue weighted by Crippen LogP contribution is 2.70. The lowest BCUT2D eigenvalue weighted by Gasteiger charge is -2.45. The van der Waals surface area contributed by atoms with Crippen molar-refractivity contribution in [1.82, 2.24) is 4.31 Å². The van der Waals surface area contributed by atoms with Gasteiger partial charge in [-0.1, -0.05) is 74.5 Å². The van der Waals surface area contributed by atoms with Crippen LogP contribution in [0.4, 0.5) is 0 Å². The number of rotatable bonds is 10. The molecular weight excluding hydrogens is 542 g/mol. The SMILES string of the molecule is C/C=C\[C@H](C)[C@H](O)[C@@H](C)C(=O)C(C)(C)[C@H](CC(=O)N1[C@@H]2C[C@H]3CC[C@]2(CS1(=O)=O)C3(C)C)O[Si](C)(C)C(C)(C)C. The molecule has 1 spiro atoms. The van der Waals surface area contributed by atoms with Crippen LogP contribution in [0.2, 0.25) is 18.1 Å². The van der Waals surface area contributed by atoms with Crippen LogP contribution in [0.15, 0.2) is 12.2 Å². The summed E-state index contributed by atoms with van der Waals surface area (Å²) in [6, 6.07) is -0.325. The number of hydrogen-bond acceptors (Lipinski definition) is 6. The number of amides is 1. The van der Waals surface area contributed by atoms with Crippen molar-refractivity contribution in [1.29, 1.82) is 0 Å². The van der Waals surface area contributed by atoms with Gasteiger partial charge in [0.1, 0.15) is 5.78 Å². The van der Waals surface area contributed by atoms with Crippen LogP contribution >= 0.6 is 0 Å². The molecule has 230 valence electrons. The van der Waals surface area contributed by atoms with Crippen LogP contribution in [-0.2, 0) is 24.0 Å². The van der Waals surface area contributed by atoms with E-state index in [1.165, 1.54) is 4.31 Å². The summed E-state index contributed by atoms with van der Waals surface area (Å²) in [6.07, 6.45) is 4.38. The lowest BCUT2D eigenvalue weighted by Crippen LogP contribution is -2.54. The zero-order valence-electron chi connectivity index (χ0n) is 27.0. The number of aliphatic hydroxyl groups excluding tert-OH is 1. The van der Waals surface area contributed by atoms with E-state index < -0.39 is 53.2 Å². The van der Waals surface area contributed by atoms with E-state index in [0.29, 0.717) is 12.3 Å². The maximum absolute atomic E-state index is 14.1. The highest BCUT2D eigenvalue weighted by atomic mass is 32.2. The van der Waals surface area contributed by atoms with E-state index in [-0.39, 0.29) is 40.4 Å². The molecule has 2 bridgehead atoms. The fourth-order valence-electron chi connectivity index (χ4n) is 7.62. The summed E-state index contributed by atoms with van der Waals surface area (Å²) in [6.45, 7) is 23.8. The van der Waals surface area contributed by atoms with Gasteiger partial charge in [-0.2, -0.15) is 0 Å². The van der Waals surface area contributed by atoms with Gasteiger partial charge in [-0.15, -0.1) is 0 Å². The van der Waals surface area contributed by atoms with Gasteiger partial charge in [0.25, 0.3) is 0 Å². The maximum atomic E-state index is 14.1. The minimum absolute atomic E-state index is 0.0159. The Morgan fingerprint density at radius 3 is 2.23 bits per heavy atom. The first-order chi connectivity index (χ1) is 18.0. The van der Waals surface area contributed by atoms with Crippen LogP contribution in [0, 0.1) is 34.0 Å². The first-order valence-electron chi connectivity index (χ1n) is 15.1. The molecule has 1 amide bonds. The highest BCUT2D eigenvalue weighted by Gasteiger charge is 2.72. The van der Waals surface area contributed by atoms with E-state index in [0.717, 1.165) is 12.8 Å². The number of aliphatic hydroxyl groups is 1. The number of ketones is 1. The molecule has 1 heterocycles. The summed E-state index contributed by atoms with van der Waals surface area (Å²) in [5.74, 6) is -1.13. The minimum Gasteiger partial charge on any atom is -0.412 e. The molecule has 7 nitrogen and oxygen atoms in total. The standard InChI is InChI=1S/C31H55NO6SSi/c1-13-14-20(2)26(34)21(3)27(35)29(7,8)24(38-40(11,12)28(4,5)6)18-25(33)32-23-17-22-15-16-31(23,30(22,9)10)19-39(32,36)37/h13-14,20-24,26,34H,15-19H2,1-12H3/b14-13-/t20-,21+,22+,23+,24-,26-,31+/m0/s1. The van der Waals surface area contributed by atoms with E-state index in [2.05, 4.69) is 47.7 Å². The number of sulfonamides is 1. The summed E-state index contributed by atoms with van der Waals surface area (Å²) in [4.78, 5) is 28.1. The van der Waals surface area contributed by atoms with Gasteiger partial charge >= 0.3 is 0 Å².